The highest BCUT2D eigenvalue weighted by molar-refractivity contribution is 7.89. The minimum Gasteiger partial charge on any atom is -0.311 e. The number of carbonyl (C=O) groups is 1. The normalized spacial score (nSPS) is 12.0. The fourth-order valence-corrected chi connectivity index (χ4v) is 3.45. The predicted octanol–water partition coefficient (Wildman–Crippen LogP) is 2.18. The Balaban J connectivity index is 2.39. The fourth-order valence-electron chi connectivity index (χ4n) is 2.04. The highest BCUT2D eigenvalue weighted by Gasteiger charge is 2.22. The van der Waals surface area contributed by atoms with Crippen molar-refractivity contribution < 1.29 is 13.2 Å². The van der Waals surface area contributed by atoms with Gasteiger partial charge in [0, 0.05) is 36.6 Å². The van der Waals surface area contributed by atoms with E-state index in [2.05, 4.69) is 20.0 Å². The van der Waals surface area contributed by atoms with Crippen molar-refractivity contribution >= 4 is 21.7 Å². The van der Waals surface area contributed by atoms with Gasteiger partial charge in [-0.1, -0.05) is 0 Å². The Hall–Kier alpha value is -2.32. The van der Waals surface area contributed by atoms with Gasteiger partial charge in [-0.2, -0.15) is 0 Å². The number of anilines is 1. The second-order valence-corrected chi connectivity index (χ2v) is 8.06. The summed E-state index contributed by atoms with van der Waals surface area (Å²) in [7, 11) is -3.68. The number of nitrogens with zero attached hydrogens (tertiary/aromatic N) is 2. The van der Waals surface area contributed by atoms with Crippen LogP contribution < -0.4 is 10.0 Å². The summed E-state index contributed by atoms with van der Waals surface area (Å²) in [5, 5.41) is 2.59. The van der Waals surface area contributed by atoms with Crippen LogP contribution in [0.4, 0.5) is 5.82 Å². The van der Waals surface area contributed by atoms with Crippen molar-refractivity contribution in [2.75, 3.05) is 5.32 Å². The molecule has 0 fully saturated rings. The molecule has 0 aliphatic heterocycles. The third kappa shape index (κ3) is 4.84. The van der Waals surface area contributed by atoms with E-state index in [1.807, 2.05) is 0 Å². The summed E-state index contributed by atoms with van der Waals surface area (Å²) in [5.41, 5.74) is 0.721. The van der Waals surface area contributed by atoms with E-state index in [1.54, 1.807) is 39.1 Å². The summed E-state index contributed by atoms with van der Waals surface area (Å²) in [4.78, 5) is 19.3. The Morgan fingerprint density at radius 1 is 1.12 bits per heavy atom. The highest BCUT2D eigenvalue weighted by Crippen LogP contribution is 2.23. The molecule has 0 aliphatic rings. The van der Waals surface area contributed by atoms with Crippen molar-refractivity contribution in [2.24, 2.45) is 0 Å². The second-order valence-electron chi connectivity index (χ2n) is 6.38. The molecule has 24 heavy (non-hydrogen) atoms. The molecular weight excluding hydrogens is 328 g/mol. The molecule has 0 atom stereocenters. The van der Waals surface area contributed by atoms with Crippen LogP contribution in [0.25, 0.3) is 11.1 Å². The van der Waals surface area contributed by atoms with Crippen LogP contribution in [0, 0.1) is 0 Å². The van der Waals surface area contributed by atoms with Crippen LogP contribution in [0.5, 0.6) is 0 Å². The molecule has 0 aliphatic carbocycles. The summed E-state index contributed by atoms with van der Waals surface area (Å²) in [6.45, 7) is 6.69. The van der Waals surface area contributed by atoms with Crippen LogP contribution >= 0.6 is 0 Å². The van der Waals surface area contributed by atoms with E-state index < -0.39 is 15.6 Å². The largest absolute Gasteiger partial charge is 0.311 e. The van der Waals surface area contributed by atoms with Crippen molar-refractivity contribution in [3.8, 4) is 11.1 Å². The average Bonchev–Trinajstić information content (AvgIpc) is 2.44. The summed E-state index contributed by atoms with van der Waals surface area (Å²) in [6, 6.07) is 4.91. The van der Waals surface area contributed by atoms with Crippen LogP contribution in [0.15, 0.2) is 41.7 Å². The number of amides is 1. The first-order valence-electron chi connectivity index (χ1n) is 7.30. The standard InChI is InChI=1S/C16H20N4O3S/c1-11(21)19-15-8-12(5-6-18-15)13-7-14(10-17-9-13)24(22,23)20-16(2,3)4/h5-10,20H,1-4H3,(H,18,19,21). The molecule has 2 rings (SSSR count). The maximum atomic E-state index is 12.4. The van der Waals surface area contributed by atoms with E-state index >= 15 is 0 Å². The first-order chi connectivity index (χ1) is 11.1. The van der Waals surface area contributed by atoms with Crippen LogP contribution in [0.2, 0.25) is 0 Å². The molecule has 0 bridgehead atoms. The van der Waals surface area contributed by atoms with Gasteiger partial charge in [-0.15, -0.1) is 0 Å². The van der Waals surface area contributed by atoms with Crippen molar-refractivity contribution in [3.05, 3.63) is 36.8 Å². The molecule has 2 aromatic rings. The Morgan fingerprint density at radius 2 is 1.83 bits per heavy atom. The molecule has 0 saturated heterocycles. The lowest BCUT2D eigenvalue weighted by atomic mass is 10.1. The first kappa shape index (κ1) is 18.0. The van der Waals surface area contributed by atoms with Crippen LogP contribution in [-0.4, -0.2) is 29.8 Å². The molecular formula is C16H20N4O3S. The molecule has 0 radical (unpaired) electrons. The van der Waals surface area contributed by atoms with E-state index in [0.29, 0.717) is 16.9 Å². The van der Waals surface area contributed by atoms with Crippen LogP contribution in [0.3, 0.4) is 0 Å². The monoisotopic (exact) mass is 348 g/mol. The highest BCUT2D eigenvalue weighted by atomic mass is 32.2. The lowest BCUT2D eigenvalue weighted by molar-refractivity contribution is -0.114. The fraction of sp³-hybridized carbons (Fsp3) is 0.312. The van der Waals surface area contributed by atoms with Gasteiger partial charge in [0.1, 0.15) is 10.7 Å². The zero-order chi connectivity index (χ0) is 18.0. The van der Waals surface area contributed by atoms with Crippen molar-refractivity contribution in [2.45, 2.75) is 38.1 Å². The van der Waals surface area contributed by atoms with Gasteiger partial charge in [0.05, 0.1) is 0 Å². The third-order valence-electron chi connectivity index (χ3n) is 2.86. The van der Waals surface area contributed by atoms with E-state index in [1.165, 1.54) is 25.4 Å². The van der Waals surface area contributed by atoms with Gasteiger partial charge in [-0.05, 0) is 44.5 Å². The molecule has 1 amide bonds. The Labute approximate surface area is 141 Å². The SMILES string of the molecule is CC(=O)Nc1cc(-c2cncc(S(=O)(=O)NC(C)(C)C)c2)ccn1. The molecule has 0 saturated carbocycles. The summed E-state index contributed by atoms with van der Waals surface area (Å²) >= 11 is 0. The minimum atomic E-state index is -3.68. The second kappa shape index (κ2) is 6.66. The van der Waals surface area contributed by atoms with E-state index in [0.717, 1.165) is 0 Å². The zero-order valence-corrected chi connectivity index (χ0v) is 14.8. The summed E-state index contributed by atoms with van der Waals surface area (Å²) < 4.78 is 27.4. The van der Waals surface area contributed by atoms with Gasteiger partial charge >= 0.3 is 0 Å². The number of carbonyl (C=O) groups excluding carboxylic acids is 1. The number of aromatic nitrogens is 2. The topological polar surface area (TPSA) is 101 Å². The molecule has 2 heterocycles. The van der Waals surface area contributed by atoms with Crippen molar-refractivity contribution in [1.29, 1.82) is 0 Å². The van der Waals surface area contributed by atoms with Crippen LogP contribution in [-0.2, 0) is 14.8 Å². The Morgan fingerprint density at radius 3 is 2.46 bits per heavy atom. The molecule has 0 unspecified atom stereocenters. The van der Waals surface area contributed by atoms with Gasteiger partial charge in [0.15, 0.2) is 0 Å². The maximum Gasteiger partial charge on any atom is 0.242 e. The molecule has 0 aromatic carbocycles. The molecule has 8 heteroatoms. The van der Waals surface area contributed by atoms with Crippen molar-refractivity contribution in [3.63, 3.8) is 0 Å². The Bertz CT molecular complexity index is 858. The van der Waals surface area contributed by atoms with E-state index in [9.17, 15) is 13.2 Å². The number of pyridine rings is 2. The molecule has 2 N–H and O–H groups in total. The maximum absolute atomic E-state index is 12.4. The van der Waals surface area contributed by atoms with E-state index in [-0.39, 0.29) is 10.8 Å². The molecule has 0 spiro atoms. The summed E-state index contributed by atoms with van der Waals surface area (Å²) in [6.07, 6.45) is 4.39. The Kier molecular flexibility index (Phi) is 5.00. The minimum absolute atomic E-state index is 0.0767. The van der Waals surface area contributed by atoms with E-state index in [4.69, 9.17) is 0 Å². The van der Waals surface area contributed by atoms with Gasteiger partial charge in [-0.3, -0.25) is 9.78 Å². The number of rotatable bonds is 4. The number of hydrogen-bond acceptors (Lipinski definition) is 5. The molecule has 128 valence electrons. The quantitative estimate of drug-likeness (QED) is 0.882. The predicted molar refractivity (Wildman–Crippen MR) is 91.8 cm³/mol. The lowest BCUT2D eigenvalue weighted by Crippen LogP contribution is -2.40. The third-order valence-corrected chi connectivity index (χ3v) is 4.59. The average molecular weight is 348 g/mol. The lowest BCUT2D eigenvalue weighted by Gasteiger charge is -2.20. The van der Waals surface area contributed by atoms with Gasteiger partial charge in [-0.25, -0.2) is 18.1 Å². The van der Waals surface area contributed by atoms with Crippen LogP contribution in [0.1, 0.15) is 27.7 Å². The van der Waals surface area contributed by atoms with Crippen molar-refractivity contribution in [1.82, 2.24) is 14.7 Å². The zero-order valence-electron chi connectivity index (χ0n) is 14.0. The number of sulfonamides is 1. The molecule has 7 nitrogen and oxygen atoms in total. The summed E-state index contributed by atoms with van der Waals surface area (Å²) in [5.74, 6) is 0.157. The first-order valence-corrected chi connectivity index (χ1v) is 8.78. The van der Waals surface area contributed by atoms with Gasteiger partial charge in [0.25, 0.3) is 0 Å². The number of nitrogens with one attached hydrogen (secondary N) is 2. The van der Waals surface area contributed by atoms with Gasteiger partial charge < -0.3 is 5.32 Å². The van der Waals surface area contributed by atoms with Gasteiger partial charge in [0.2, 0.25) is 15.9 Å². The number of hydrogen-bond donors (Lipinski definition) is 2. The smallest absolute Gasteiger partial charge is 0.242 e. The molecule has 2 aromatic heterocycles.